The Morgan fingerprint density at radius 3 is 2.42 bits per heavy atom. The predicted molar refractivity (Wildman–Crippen MR) is 96.3 cm³/mol. The van der Waals surface area contributed by atoms with E-state index in [1.54, 1.807) is 41.0 Å². The molecule has 140 valence electrons. The average Bonchev–Trinajstić information content (AvgIpc) is 2.66. The van der Waals surface area contributed by atoms with Crippen molar-refractivity contribution in [2.75, 3.05) is 52.4 Å². The normalized spacial score (nSPS) is 18.0. The van der Waals surface area contributed by atoms with Crippen LogP contribution in [-0.2, 0) is 4.74 Å². The number of ether oxygens (including phenoxy) is 1. The number of amides is 2. The van der Waals surface area contributed by atoms with E-state index >= 15 is 0 Å². The van der Waals surface area contributed by atoms with Crippen molar-refractivity contribution in [3.63, 3.8) is 0 Å². The molecular weight excluding hydrogens is 334 g/mol. The molecule has 0 saturated carbocycles. The zero-order valence-corrected chi connectivity index (χ0v) is 15.1. The van der Waals surface area contributed by atoms with Gasteiger partial charge in [0.1, 0.15) is 0 Å². The number of hydrogen-bond donors (Lipinski definition) is 0. The molecule has 2 aliphatic rings. The van der Waals surface area contributed by atoms with E-state index in [9.17, 15) is 14.4 Å². The SMILES string of the molecule is CCOC(=O)N1CCN(CCCN2CC(=O)c3ccccc3C2=O)CC1. The maximum absolute atomic E-state index is 12.5. The lowest BCUT2D eigenvalue weighted by Crippen LogP contribution is -2.49. The summed E-state index contributed by atoms with van der Waals surface area (Å²) in [7, 11) is 0. The second-order valence-corrected chi connectivity index (χ2v) is 6.58. The lowest BCUT2D eigenvalue weighted by atomic mass is 9.98. The molecule has 0 aromatic heterocycles. The molecule has 1 fully saturated rings. The zero-order valence-electron chi connectivity index (χ0n) is 15.1. The van der Waals surface area contributed by atoms with E-state index in [2.05, 4.69) is 4.90 Å². The lowest BCUT2D eigenvalue weighted by molar-refractivity contribution is 0.0654. The summed E-state index contributed by atoms with van der Waals surface area (Å²) in [6.45, 7) is 6.69. The molecule has 7 heteroatoms. The molecule has 1 aromatic carbocycles. The number of fused-ring (bicyclic) bond motifs is 1. The molecule has 1 aromatic rings. The van der Waals surface area contributed by atoms with Gasteiger partial charge in [0.2, 0.25) is 0 Å². The van der Waals surface area contributed by atoms with Crippen molar-refractivity contribution in [1.82, 2.24) is 14.7 Å². The first-order valence-electron chi connectivity index (χ1n) is 9.15. The maximum Gasteiger partial charge on any atom is 0.409 e. The molecule has 2 amide bonds. The van der Waals surface area contributed by atoms with Crippen LogP contribution in [-0.4, -0.2) is 84.9 Å². The molecular formula is C19H25N3O4. The Balaban J connectivity index is 1.44. The molecule has 0 atom stereocenters. The van der Waals surface area contributed by atoms with E-state index in [1.165, 1.54) is 0 Å². The summed E-state index contributed by atoms with van der Waals surface area (Å²) in [6, 6.07) is 7.01. The van der Waals surface area contributed by atoms with E-state index in [0.717, 1.165) is 26.1 Å². The van der Waals surface area contributed by atoms with Crippen LogP contribution < -0.4 is 0 Å². The molecule has 0 unspecified atom stereocenters. The first kappa shape index (κ1) is 18.4. The Morgan fingerprint density at radius 1 is 1.04 bits per heavy atom. The number of ketones is 1. The summed E-state index contributed by atoms with van der Waals surface area (Å²) in [5.74, 6) is -0.0596. The standard InChI is InChI=1S/C19H25N3O4/c1-2-26-19(25)21-12-10-20(11-13-21)8-5-9-22-14-17(23)15-6-3-4-7-16(15)18(22)24/h3-4,6-7H,2,5,8-14H2,1H3. The Morgan fingerprint density at radius 2 is 1.73 bits per heavy atom. The van der Waals surface area contributed by atoms with Gasteiger partial charge in [0.05, 0.1) is 18.7 Å². The second-order valence-electron chi connectivity index (χ2n) is 6.58. The van der Waals surface area contributed by atoms with Gasteiger partial charge in [0.15, 0.2) is 5.78 Å². The molecule has 2 aliphatic heterocycles. The van der Waals surface area contributed by atoms with Crippen molar-refractivity contribution in [2.45, 2.75) is 13.3 Å². The monoisotopic (exact) mass is 359 g/mol. The molecule has 2 heterocycles. The summed E-state index contributed by atoms with van der Waals surface area (Å²) in [5.41, 5.74) is 1.04. The van der Waals surface area contributed by atoms with Crippen molar-refractivity contribution in [3.8, 4) is 0 Å². The van der Waals surface area contributed by atoms with E-state index in [-0.39, 0.29) is 24.3 Å². The summed E-state index contributed by atoms with van der Waals surface area (Å²) in [4.78, 5) is 42.1. The first-order valence-corrected chi connectivity index (χ1v) is 9.15. The molecule has 7 nitrogen and oxygen atoms in total. The molecule has 1 saturated heterocycles. The third kappa shape index (κ3) is 4.04. The third-order valence-electron chi connectivity index (χ3n) is 4.88. The van der Waals surface area contributed by atoms with Gasteiger partial charge in [0.25, 0.3) is 5.91 Å². The Hall–Kier alpha value is -2.41. The summed E-state index contributed by atoms with van der Waals surface area (Å²) < 4.78 is 5.02. The number of carbonyl (C=O) groups excluding carboxylic acids is 3. The molecule has 3 rings (SSSR count). The van der Waals surface area contributed by atoms with Gasteiger partial charge in [-0.3, -0.25) is 14.5 Å². The van der Waals surface area contributed by atoms with E-state index < -0.39 is 0 Å². The van der Waals surface area contributed by atoms with Gasteiger partial charge in [0, 0.05) is 38.3 Å². The lowest BCUT2D eigenvalue weighted by Gasteiger charge is -2.34. The number of nitrogens with zero attached hydrogens (tertiary/aromatic N) is 3. The van der Waals surface area contributed by atoms with Gasteiger partial charge in [-0.15, -0.1) is 0 Å². The predicted octanol–water partition coefficient (Wildman–Crippen LogP) is 1.49. The van der Waals surface area contributed by atoms with Crippen LogP contribution in [0.3, 0.4) is 0 Å². The molecule has 0 aliphatic carbocycles. The molecule has 0 radical (unpaired) electrons. The molecule has 0 N–H and O–H groups in total. The zero-order chi connectivity index (χ0) is 18.5. The molecule has 0 bridgehead atoms. The van der Waals surface area contributed by atoms with Gasteiger partial charge in [-0.2, -0.15) is 0 Å². The van der Waals surface area contributed by atoms with Crippen molar-refractivity contribution in [1.29, 1.82) is 0 Å². The average molecular weight is 359 g/mol. The van der Waals surface area contributed by atoms with Crippen LogP contribution in [0.25, 0.3) is 0 Å². The van der Waals surface area contributed by atoms with Gasteiger partial charge < -0.3 is 14.5 Å². The van der Waals surface area contributed by atoms with Gasteiger partial charge in [-0.05, 0) is 26.0 Å². The van der Waals surface area contributed by atoms with Crippen molar-refractivity contribution in [2.24, 2.45) is 0 Å². The van der Waals surface area contributed by atoms with E-state index in [1.807, 2.05) is 0 Å². The Kier molecular flexibility index (Phi) is 5.88. The van der Waals surface area contributed by atoms with Crippen molar-refractivity contribution < 1.29 is 19.1 Å². The Bertz CT molecular complexity index is 683. The maximum atomic E-state index is 12.5. The number of hydrogen-bond acceptors (Lipinski definition) is 5. The fourth-order valence-electron chi connectivity index (χ4n) is 3.45. The van der Waals surface area contributed by atoms with Crippen LogP contribution in [0.5, 0.6) is 0 Å². The van der Waals surface area contributed by atoms with Crippen LogP contribution in [0.2, 0.25) is 0 Å². The highest BCUT2D eigenvalue weighted by Gasteiger charge is 2.29. The Labute approximate surface area is 153 Å². The number of rotatable bonds is 5. The highest BCUT2D eigenvalue weighted by atomic mass is 16.6. The van der Waals surface area contributed by atoms with Crippen LogP contribution in [0.4, 0.5) is 4.79 Å². The smallest absolute Gasteiger partial charge is 0.409 e. The molecule has 0 spiro atoms. The minimum atomic E-state index is -0.247. The quantitative estimate of drug-likeness (QED) is 0.797. The fourth-order valence-corrected chi connectivity index (χ4v) is 3.45. The van der Waals surface area contributed by atoms with Crippen molar-refractivity contribution in [3.05, 3.63) is 35.4 Å². The highest BCUT2D eigenvalue weighted by molar-refractivity contribution is 6.13. The first-order chi connectivity index (χ1) is 12.6. The highest BCUT2D eigenvalue weighted by Crippen LogP contribution is 2.19. The number of piperazine rings is 1. The second kappa shape index (κ2) is 8.31. The number of Topliss-reactive ketones (excluding diaryl/α,β-unsaturated/α-hetero) is 1. The van der Waals surface area contributed by atoms with Crippen LogP contribution in [0.1, 0.15) is 34.1 Å². The topological polar surface area (TPSA) is 70.2 Å². The van der Waals surface area contributed by atoms with Crippen molar-refractivity contribution >= 4 is 17.8 Å². The minimum absolute atomic E-state index is 0.00301. The van der Waals surface area contributed by atoms with E-state index in [4.69, 9.17) is 4.74 Å². The van der Waals surface area contributed by atoms with Crippen LogP contribution in [0, 0.1) is 0 Å². The van der Waals surface area contributed by atoms with Gasteiger partial charge in [-0.25, -0.2) is 4.79 Å². The van der Waals surface area contributed by atoms with Crippen LogP contribution >= 0.6 is 0 Å². The number of benzene rings is 1. The van der Waals surface area contributed by atoms with E-state index in [0.29, 0.717) is 37.4 Å². The fraction of sp³-hybridized carbons (Fsp3) is 0.526. The summed E-state index contributed by atoms with van der Waals surface area (Å²) >= 11 is 0. The van der Waals surface area contributed by atoms with Gasteiger partial charge >= 0.3 is 6.09 Å². The van der Waals surface area contributed by atoms with Crippen LogP contribution in [0.15, 0.2) is 24.3 Å². The molecule has 26 heavy (non-hydrogen) atoms. The summed E-state index contributed by atoms with van der Waals surface area (Å²) in [6.07, 6.45) is 0.559. The summed E-state index contributed by atoms with van der Waals surface area (Å²) in [5, 5.41) is 0. The van der Waals surface area contributed by atoms with Gasteiger partial charge in [-0.1, -0.05) is 18.2 Å². The largest absolute Gasteiger partial charge is 0.450 e. The minimum Gasteiger partial charge on any atom is -0.450 e. The third-order valence-corrected chi connectivity index (χ3v) is 4.88. The number of carbonyl (C=O) groups is 3.